The first-order chi connectivity index (χ1) is 4.34. The molecule has 2 atom stereocenters. The van der Waals surface area contributed by atoms with Crippen LogP contribution in [0.5, 0.6) is 0 Å². The van der Waals surface area contributed by atoms with Crippen molar-refractivity contribution in [1.82, 2.24) is 0 Å². The molecule has 0 aliphatic rings. The molecule has 61 valence electrons. The molecular weight excluding hydrogens is 220 g/mol. The zero-order valence-corrected chi connectivity index (χ0v) is 8.28. The molecule has 0 amide bonds. The Kier molecular flexibility index (Phi) is 3.83. The molecule has 2 unspecified atom stereocenters. The van der Waals surface area contributed by atoms with Crippen molar-refractivity contribution in [2.75, 3.05) is 0 Å². The number of halogens is 1. The molecule has 0 rings (SSSR count). The highest BCUT2D eigenvalue weighted by Gasteiger charge is 2.20. The van der Waals surface area contributed by atoms with Gasteiger partial charge in [0.25, 0.3) is 10.1 Å². The molecule has 0 aromatic rings. The molecule has 0 spiro atoms. The SMILES string of the molecule is CC(Br)CC(C)S([O])(=O)=O. The van der Waals surface area contributed by atoms with E-state index in [4.69, 9.17) is 0 Å². The predicted molar refractivity (Wildman–Crippen MR) is 42.1 cm³/mol. The van der Waals surface area contributed by atoms with Gasteiger partial charge in [-0.1, -0.05) is 27.4 Å². The van der Waals surface area contributed by atoms with Crippen LogP contribution in [0.15, 0.2) is 0 Å². The molecule has 0 fully saturated rings. The first-order valence-corrected chi connectivity index (χ1v) is 5.31. The lowest BCUT2D eigenvalue weighted by atomic mass is 10.3. The van der Waals surface area contributed by atoms with E-state index < -0.39 is 15.4 Å². The molecule has 0 heterocycles. The van der Waals surface area contributed by atoms with E-state index >= 15 is 0 Å². The molecule has 0 aromatic heterocycles. The Morgan fingerprint density at radius 3 is 1.90 bits per heavy atom. The number of hydrogen-bond donors (Lipinski definition) is 0. The molecule has 5 heteroatoms. The molecule has 0 bridgehead atoms. The van der Waals surface area contributed by atoms with Crippen LogP contribution in [-0.2, 0) is 14.7 Å². The average molecular weight is 230 g/mol. The van der Waals surface area contributed by atoms with Crippen molar-refractivity contribution in [1.29, 1.82) is 0 Å². The largest absolute Gasteiger partial charge is 0.297 e. The minimum Gasteiger partial charge on any atom is -0.197 e. The van der Waals surface area contributed by atoms with E-state index in [1.807, 2.05) is 6.92 Å². The Labute approximate surface area is 69.7 Å². The highest BCUT2D eigenvalue weighted by molar-refractivity contribution is 9.09. The Morgan fingerprint density at radius 2 is 1.80 bits per heavy atom. The highest BCUT2D eigenvalue weighted by Crippen LogP contribution is 2.12. The molecule has 1 radical (unpaired) electrons. The predicted octanol–water partition coefficient (Wildman–Crippen LogP) is 1.31. The molecule has 3 nitrogen and oxygen atoms in total. The molecule has 0 saturated carbocycles. The fraction of sp³-hybridized carbons (Fsp3) is 1.00. The Bertz CT molecular complexity index is 185. The zero-order chi connectivity index (χ0) is 8.36. The van der Waals surface area contributed by atoms with Gasteiger partial charge in [0.15, 0.2) is 0 Å². The Morgan fingerprint density at radius 1 is 1.40 bits per heavy atom. The zero-order valence-electron chi connectivity index (χ0n) is 5.87. The summed E-state index contributed by atoms with van der Waals surface area (Å²) in [5.74, 6) is 0. The van der Waals surface area contributed by atoms with Crippen LogP contribution in [0, 0.1) is 0 Å². The van der Waals surface area contributed by atoms with Crippen molar-refractivity contribution < 1.29 is 13.0 Å². The average Bonchev–Trinajstić information content (AvgIpc) is 1.60. The van der Waals surface area contributed by atoms with Crippen molar-refractivity contribution >= 4 is 26.0 Å². The Balaban J connectivity index is 3.99. The standard InChI is InChI=1S/C5H10BrO3S/c1-4(6)3-5(2)10(7,8)9/h4-5H,3H2,1-2H3. The maximum Gasteiger partial charge on any atom is 0.297 e. The summed E-state index contributed by atoms with van der Waals surface area (Å²) in [6.45, 7) is 3.22. The van der Waals surface area contributed by atoms with Gasteiger partial charge in [0.05, 0.1) is 5.25 Å². The maximum atomic E-state index is 10.3. The summed E-state index contributed by atoms with van der Waals surface area (Å²) in [7, 11) is -4.08. The minimum absolute atomic E-state index is 0.0752. The van der Waals surface area contributed by atoms with Crippen LogP contribution in [0.4, 0.5) is 0 Å². The molecule has 0 aromatic carbocycles. The third-order valence-corrected chi connectivity index (χ3v) is 2.70. The van der Waals surface area contributed by atoms with E-state index in [-0.39, 0.29) is 4.83 Å². The van der Waals surface area contributed by atoms with Gasteiger partial charge in [0, 0.05) is 4.83 Å². The van der Waals surface area contributed by atoms with Gasteiger partial charge in [0.1, 0.15) is 0 Å². The van der Waals surface area contributed by atoms with Crippen molar-refractivity contribution in [3.05, 3.63) is 0 Å². The van der Waals surface area contributed by atoms with Crippen LogP contribution in [-0.4, -0.2) is 18.5 Å². The molecule has 0 N–H and O–H groups in total. The second-order valence-electron chi connectivity index (χ2n) is 2.32. The van der Waals surface area contributed by atoms with Gasteiger partial charge in [0.2, 0.25) is 0 Å². The van der Waals surface area contributed by atoms with Gasteiger partial charge in [-0.25, -0.2) is 0 Å². The molecule has 10 heavy (non-hydrogen) atoms. The summed E-state index contributed by atoms with van der Waals surface area (Å²) in [6, 6.07) is 0. The van der Waals surface area contributed by atoms with Crippen LogP contribution in [0.2, 0.25) is 0 Å². The van der Waals surface area contributed by atoms with E-state index in [9.17, 15) is 13.0 Å². The van der Waals surface area contributed by atoms with Gasteiger partial charge in [-0.05, 0) is 13.3 Å². The van der Waals surface area contributed by atoms with Gasteiger partial charge in [-0.15, -0.1) is 0 Å². The summed E-state index contributed by atoms with van der Waals surface area (Å²) < 4.78 is 30.9. The van der Waals surface area contributed by atoms with Gasteiger partial charge in [-0.2, -0.15) is 8.42 Å². The number of alkyl halides is 1. The second kappa shape index (κ2) is 3.69. The minimum atomic E-state index is -4.08. The molecule has 0 aliphatic carbocycles. The van der Waals surface area contributed by atoms with E-state index in [0.29, 0.717) is 6.42 Å². The first kappa shape index (κ1) is 10.4. The fourth-order valence-electron chi connectivity index (χ4n) is 0.575. The fourth-order valence-corrected chi connectivity index (χ4v) is 1.91. The molecular formula is C5H10BrO3S. The Hall–Kier alpha value is 0.390. The van der Waals surface area contributed by atoms with Gasteiger partial charge in [-0.3, -0.25) is 0 Å². The van der Waals surface area contributed by atoms with E-state index in [1.54, 1.807) is 0 Å². The monoisotopic (exact) mass is 229 g/mol. The summed E-state index contributed by atoms with van der Waals surface area (Å²) in [5.41, 5.74) is 0. The maximum absolute atomic E-state index is 10.3. The third-order valence-electron chi connectivity index (χ3n) is 1.15. The third kappa shape index (κ3) is 4.24. The van der Waals surface area contributed by atoms with Crippen LogP contribution in [0.25, 0.3) is 0 Å². The van der Waals surface area contributed by atoms with Gasteiger partial charge < -0.3 is 0 Å². The second-order valence-corrected chi connectivity index (χ2v) is 5.67. The highest BCUT2D eigenvalue weighted by atomic mass is 79.9. The van der Waals surface area contributed by atoms with Crippen LogP contribution < -0.4 is 0 Å². The summed E-state index contributed by atoms with van der Waals surface area (Å²) >= 11 is 3.16. The van der Waals surface area contributed by atoms with E-state index in [0.717, 1.165) is 0 Å². The smallest absolute Gasteiger partial charge is 0.197 e. The van der Waals surface area contributed by atoms with Crippen molar-refractivity contribution in [2.24, 2.45) is 0 Å². The van der Waals surface area contributed by atoms with Crippen LogP contribution >= 0.6 is 15.9 Å². The van der Waals surface area contributed by atoms with Crippen molar-refractivity contribution in [2.45, 2.75) is 30.3 Å². The first-order valence-electron chi connectivity index (χ1n) is 2.93. The van der Waals surface area contributed by atoms with Crippen molar-refractivity contribution in [3.8, 4) is 0 Å². The van der Waals surface area contributed by atoms with Crippen LogP contribution in [0.3, 0.4) is 0 Å². The van der Waals surface area contributed by atoms with E-state index in [1.165, 1.54) is 6.92 Å². The lowest BCUT2D eigenvalue weighted by Crippen LogP contribution is -2.18. The topological polar surface area (TPSA) is 54.0 Å². The quantitative estimate of drug-likeness (QED) is 0.686. The van der Waals surface area contributed by atoms with Crippen molar-refractivity contribution in [3.63, 3.8) is 0 Å². The van der Waals surface area contributed by atoms with E-state index in [2.05, 4.69) is 15.9 Å². The normalized spacial score (nSPS) is 18.4. The van der Waals surface area contributed by atoms with Gasteiger partial charge >= 0.3 is 0 Å². The number of rotatable bonds is 3. The summed E-state index contributed by atoms with van der Waals surface area (Å²) in [6.07, 6.45) is 0.367. The summed E-state index contributed by atoms with van der Waals surface area (Å²) in [4.78, 5) is 0.0752. The van der Waals surface area contributed by atoms with Crippen LogP contribution in [0.1, 0.15) is 20.3 Å². The molecule has 0 saturated heterocycles. The lowest BCUT2D eigenvalue weighted by molar-refractivity contribution is 0.401. The lowest BCUT2D eigenvalue weighted by Gasteiger charge is -2.06. The number of hydrogen-bond acceptors (Lipinski definition) is 2. The molecule has 0 aliphatic heterocycles. The summed E-state index contributed by atoms with van der Waals surface area (Å²) in [5, 5.41) is -0.790.